The zero-order chi connectivity index (χ0) is 14.7. The molecule has 0 aliphatic heterocycles. The number of carbonyl (C=O) groups excluding carboxylic acids is 1. The highest BCUT2D eigenvalue weighted by Gasteiger charge is 2.25. The van der Waals surface area contributed by atoms with Crippen molar-refractivity contribution in [2.75, 3.05) is 0 Å². The maximum Gasteiger partial charge on any atom is 0.284 e. The van der Waals surface area contributed by atoms with Gasteiger partial charge in [-0.25, -0.2) is 0 Å². The maximum absolute atomic E-state index is 12.3. The van der Waals surface area contributed by atoms with Gasteiger partial charge >= 0.3 is 0 Å². The zero-order valence-electron chi connectivity index (χ0n) is 11.3. The lowest BCUT2D eigenvalue weighted by atomic mass is 9.86. The number of amides is 1. The quantitative estimate of drug-likeness (QED) is 0.673. The Hall–Kier alpha value is -1.43. The van der Waals surface area contributed by atoms with Gasteiger partial charge in [-0.2, -0.15) is 0 Å². The Morgan fingerprint density at radius 2 is 2.10 bits per heavy atom. The smallest absolute Gasteiger partial charge is 0.284 e. The number of hydrogen-bond acceptors (Lipinski definition) is 3. The maximum atomic E-state index is 12.3. The molecule has 108 valence electrons. The molecule has 0 heterocycles. The molecular formula is C14H17BrN2O3. The second-order valence-electron chi connectivity index (χ2n) is 5.24. The molecule has 2 unspecified atom stereocenters. The van der Waals surface area contributed by atoms with E-state index in [9.17, 15) is 14.9 Å². The van der Waals surface area contributed by atoms with Gasteiger partial charge in [-0.05, 0) is 40.8 Å². The Morgan fingerprint density at radius 1 is 1.40 bits per heavy atom. The van der Waals surface area contributed by atoms with Crippen LogP contribution in [0.1, 0.15) is 43.0 Å². The van der Waals surface area contributed by atoms with Crippen molar-refractivity contribution >= 4 is 27.5 Å². The van der Waals surface area contributed by atoms with Gasteiger partial charge in [0.05, 0.1) is 10.5 Å². The number of benzene rings is 1. The molecule has 1 aromatic carbocycles. The predicted octanol–water partition coefficient (Wildman–Crippen LogP) is 3.67. The number of rotatable bonds is 3. The Morgan fingerprint density at radius 3 is 2.75 bits per heavy atom. The summed E-state index contributed by atoms with van der Waals surface area (Å²) < 4.78 is 0.242. The van der Waals surface area contributed by atoms with Crippen LogP contribution in [0.25, 0.3) is 0 Å². The zero-order valence-corrected chi connectivity index (χ0v) is 12.9. The largest absolute Gasteiger partial charge is 0.349 e. The predicted molar refractivity (Wildman–Crippen MR) is 79.7 cm³/mol. The molecule has 1 aromatic rings. The van der Waals surface area contributed by atoms with E-state index in [0.717, 1.165) is 19.3 Å². The number of nitro groups is 1. The summed E-state index contributed by atoms with van der Waals surface area (Å²) in [5.74, 6) is 0.199. The van der Waals surface area contributed by atoms with Crippen LogP contribution in [0.15, 0.2) is 22.7 Å². The molecule has 1 aliphatic rings. The van der Waals surface area contributed by atoms with Crippen LogP contribution in [0, 0.1) is 16.0 Å². The topological polar surface area (TPSA) is 72.2 Å². The van der Waals surface area contributed by atoms with Crippen LogP contribution in [0.2, 0.25) is 0 Å². The number of nitrogens with one attached hydrogen (secondary N) is 1. The lowest BCUT2D eigenvalue weighted by Crippen LogP contribution is -2.41. The van der Waals surface area contributed by atoms with E-state index in [1.54, 1.807) is 6.07 Å². The second-order valence-corrected chi connectivity index (χ2v) is 6.03. The van der Waals surface area contributed by atoms with Crippen LogP contribution >= 0.6 is 15.9 Å². The van der Waals surface area contributed by atoms with E-state index in [1.807, 2.05) is 0 Å². The van der Waals surface area contributed by atoms with E-state index >= 15 is 0 Å². The average Bonchev–Trinajstić information content (AvgIpc) is 2.41. The molecule has 0 aromatic heterocycles. The van der Waals surface area contributed by atoms with Gasteiger partial charge in [0.1, 0.15) is 4.47 Å². The lowest BCUT2D eigenvalue weighted by Gasteiger charge is -2.29. The van der Waals surface area contributed by atoms with Crippen molar-refractivity contribution in [1.82, 2.24) is 5.32 Å². The molecule has 1 fully saturated rings. The van der Waals surface area contributed by atoms with Crippen molar-refractivity contribution in [2.45, 2.75) is 38.6 Å². The summed E-state index contributed by atoms with van der Waals surface area (Å²) >= 11 is 3.16. The third kappa shape index (κ3) is 3.17. The molecule has 0 spiro atoms. The Labute approximate surface area is 126 Å². The Bertz CT molecular complexity index is 533. The van der Waals surface area contributed by atoms with Gasteiger partial charge in [0.25, 0.3) is 11.6 Å². The van der Waals surface area contributed by atoms with Crippen molar-refractivity contribution in [3.63, 3.8) is 0 Å². The van der Waals surface area contributed by atoms with E-state index < -0.39 is 4.92 Å². The summed E-state index contributed by atoms with van der Waals surface area (Å²) in [6, 6.07) is 4.66. The van der Waals surface area contributed by atoms with Gasteiger partial charge in [-0.15, -0.1) is 0 Å². The standard InChI is InChI=1S/C14H17BrN2O3/c1-9-5-2-3-7-11(9)16-14(18)10-6-4-8-12(13(10)15)17(19)20/h4,6,8-9,11H,2-3,5,7H2,1H3,(H,16,18). The third-order valence-electron chi connectivity index (χ3n) is 3.85. The van der Waals surface area contributed by atoms with Crippen LogP contribution < -0.4 is 5.32 Å². The van der Waals surface area contributed by atoms with E-state index in [-0.39, 0.29) is 22.1 Å². The van der Waals surface area contributed by atoms with E-state index in [4.69, 9.17) is 0 Å². The molecule has 0 radical (unpaired) electrons. The Balaban J connectivity index is 2.17. The first-order valence-electron chi connectivity index (χ1n) is 6.74. The number of halogens is 1. The molecule has 20 heavy (non-hydrogen) atoms. The lowest BCUT2D eigenvalue weighted by molar-refractivity contribution is -0.385. The van der Waals surface area contributed by atoms with Crippen molar-refractivity contribution in [2.24, 2.45) is 5.92 Å². The average molecular weight is 341 g/mol. The van der Waals surface area contributed by atoms with E-state index in [1.165, 1.54) is 18.6 Å². The number of hydrogen-bond donors (Lipinski definition) is 1. The summed E-state index contributed by atoms with van der Waals surface area (Å²) in [6.45, 7) is 2.13. The molecule has 1 amide bonds. The highest BCUT2D eigenvalue weighted by Crippen LogP contribution is 2.29. The minimum absolute atomic E-state index is 0.0886. The van der Waals surface area contributed by atoms with Gasteiger partial charge in [0, 0.05) is 12.1 Å². The SMILES string of the molecule is CC1CCCCC1NC(=O)c1cccc([N+](=O)[O-])c1Br. The van der Waals surface area contributed by atoms with Crippen LogP contribution in [-0.2, 0) is 0 Å². The number of nitro benzene ring substituents is 1. The molecule has 1 aliphatic carbocycles. The Kier molecular flexibility index (Phi) is 4.75. The molecule has 6 heteroatoms. The molecule has 2 rings (SSSR count). The van der Waals surface area contributed by atoms with Crippen molar-refractivity contribution in [3.05, 3.63) is 38.3 Å². The van der Waals surface area contributed by atoms with Gasteiger partial charge in [0.15, 0.2) is 0 Å². The molecule has 2 atom stereocenters. The number of carbonyl (C=O) groups is 1. The number of nitrogens with zero attached hydrogens (tertiary/aromatic N) is 1. The third-order valence-corrected chi connectivity index (χ3v) is 4.68. The molecule has 5 nitrogen and oxygen atoms in total. The first-order valence-corrected chi connectivity index (χ1v) is 7.53. The van der Waals surface area contributed by atoms with E-state index in [0.29, 0.717) is 11.5 Å². The normalized spacial score (nSPS) is 22.3. The fourth-order valence-corrected chi connectivity index (χ4v) is 3.20. The van der Waals surface area contributed by atoms with Crippen LogP contribution in [0.3, 0.4) is 0 Å². The summed E-state index contributed by atoms with van der Waals surface area (Å²) in [7, 11) is 0. The summed E-state index contributed by atoms with van der Waals surface area (Å²) in [4.78, 5) is 22.7. The van der Waals surface area contributed by atoms with Crippen molar-refractivity contribution in [3.8, 4) is 0 Å². The van der Waals surface area contributed by atoms with Gasteiger partial charge < -0.3 is 5.32 Å². The van der Waals surface area contributed by atoms with Crippen molar-refractivity contribution < 1.29 is 9.72 Å². The summed E-state index contributed by atoms with van der Waals surface area (Å²) in [6.07, 6.45) is 4.40. The van der Waals surface area contributed by atoms with E-state index in [2.05, 4.69) is 28.2 Å². The van der Waals surface area contributed by atoms with Crippen LogP contribution in [0.4, 0.5) is 5.69 Å². The first kappa shape index (κ1) is 15.0. The fraction of sp³-hybridized carbons (Fsp3) is 0.500. The minimum atomic E-state index is -0.496. The second kappa shape index (κ2) is 6.35. The van der Waals surface area contributed by atoms with Gasteiger partial charge in [-0.3, -0.25) is 14.9 Å². The highest BCUT2D eigenvalue weighted by molar-refractivity contribution is 9.10. The molecule has 1 saturated carbocycles. The fourth-order valence-electron chi connectivity index (χ4n) is 2.61. The summed E-state index contributed by atoms with van der Waals surface area (Å²) in [5.41, 5.74) is 0.228. The monoisotopic (exact) mass is 340 g/mol. The van der Waals surface area contributed by atoms with Gasteiger partial charge in [-0.1, -0.05) is 25.8 Å². The minimum Gasteiger partial charge on any atom is -0.349 e. The first-order chi connectivity index (χ1) is 9.50. The highest BCUT2D eigenvalue weighted by atomic mass is 79.9. The van der Waals surface area contributed by atoms with Crippen LogP contribution in [-0.4, -0.2) is 16.9 Å². The molecule has 1 N–H and O–H groups in total. The molecule has 0 bridgehead atoms. The molecule has 0 saturated heterocycles. The van der Waals surface area contributed by atoms with Crippen LogP contribution in [0.5, 0.6) is 0 Å². The summed E-state index contributed by atoms with van der Waals surface area (Å²) in [5, 5.41) is 13.9. The van der Waals surface area contributed by atoms with Crippen molar-refractivity contribution in [1.29, 1.82) is 0 Å². The molecular weight excluding hydrogens is 324 g/mol. The van der Waals surface area contributed by atoms with Gasteiger partial charge in [0.2, 0.25) is 0 Å².